The van der Waals surface area contributed by atoms with E-state index in [-0.39, 0.29) is 0 Å². The standard InChI is InChI=1S/C28H30N6S/c1-20-16-21(2)32-28(31-20)35-25-8-6-24(7-9-25)34-14-12-33(13-15-34)11-3-4-23-19-30-27-10-5-22(18-29)17-26(23)27/h5-10,16-17,19,30H,3-4,11-15H2,1-2H3. The van der Waals surface area contributed by atoms with Crippen molar-refractivity contribution in [1.29, 1.82) is 5.26 Å². The summed E-state index contributed by atoms with van der Waals surface area (Å²) >= 11 is 1.62. The molecule has 2 aromatic carbocycles. The van der Waals surface area contributed by atoms with E-state index in [1.54, 1.807) is 11.8 Å². The number of aromatic nitrogens is 3. The zero-order valence-corrected chi connectivity index (χ0v) is 21.1. The first-order valence-electron chi connectivity index (χ1n) is 12.1. The van der Waals surface area contributed by atoms with Gasteiger partial charge in [0, 0.05) is 65.2 Å². The second-order valence-corrected chi connectivity index (χ2v) is 10.2. The van der Waals surface area contributed by atoms with E-state index in [0.29, 0.717) is 0 Å². The summed E-state index contributed by atoms with van der Waals surface area (Å²) in [7, 11) is 0. The molecule has 1 aliphatic rings. The molecule has 0 aliphatic carbocycles. The Kier molecular flexibility index (Phi) is 7.03. The van der Waals surface area contributed by atoms with E-state index < -0.39 is 0 Å². The molecular weight excluding hydrogens is 452 g/mol. The molecule has 7 heteroatoms. The third kappa shape index (κ3) is 5.67. The van der Waals surface area contributed by atoms with Crippen molar-refractivity contribution >= 4 is 28.4 Å². The van der Waals surface area contributed by atoms with Gasteiger partial charge in [0.25, 0.3) is 0 Å². The summed E-state index contributed by atoms with van der Waals surface area (Å²) in [5.41, 5.74) is 6.42. The molecule has 35 heavy (non-hydrogen) atoms. The van der Waals surface area contributed by atoms with Crippen molar-refractivity contribution in [3.05, 3.63) is 77.2 Å². The van der Waals surface area contributed by atoms with E-state index in [1.165, 1.54) is 16.6 Å². The molecule has 5 rings (SSSR count). The molecule has 1 N–H and O–H groups in total. The smallest absolute Gasteiger partial charge is 0.192 e. The van der Waals surface area contributed by atoms with Gasteiger partial charge in [0.05, 0.1) is 11.6 Å². The Hall–Kier alpha value is -3.34. The van der Waals surface area contributed by atoms with Crippen molar-refractivity contribution in [2.75, 3.05) is 37.6 Å². The summed E-state index contributed by atoms with van der Waals surface area (Å²) in [6.07, 6.45) is 4.24. The van der Waals surface area contributed by atoms with Gasteiger partial charge in [0.1, 0.15) is 0 Å². The van der Waals surface area contributed by atoms with E-state index in [9.17, 15) is 5.26 Å². The first kappa shape index (κ1) is 23.4. The lowest BCUT2D eigenvalue weighted by Crippen LogP contribution is -2.46. The van der Waals surface area contributed by atoms with E-state index >= 15 is 0 Å². The minimum Gasteiger partial charge on any atom is -0.369 e. The number of rotatable bonds is 7. The summed E-state index contributed by atoms with van der Waals surface area (Å²) in [4.78, 5) is 18.6. The van der Waals surface area contributed by atoms with Crippen LogP contribution in [0.1, 0.15) is 28.9 Å². The maximum Gasteiger partial charge on any atom is 0.192 e. The van der Waals surface area contributed by atoms with Crippen LogP contribution in [0.15, 0.2) is 64.8 Å². The monoisotopic (exact) mass is 482 g/mol. The molecule has 2 aromatic heterocycles. The highest BCUT2D eigenvalue weighted by Crippen LogP contribution is 2.28. The lowest BCUT2D eigenvalue weighted by molar-refractivity contribution is 0.255. The van der Waals surface area contributed by atoms with Crippen LogP contribution in [-0.2, 0) is 6.42 Å². The third-order valence-electron chi connectivity index (χ3n) is 6.56. The Morgan fingerprint density at radius 3 is 2.43 bits per heavy atom. The maximum absolute atomic E-state index is 9.19. The summed E-state index contributed by atoms with van der Waals surface area (Å²) < 4.78 is 0. The van der Waals surface area contributed by atoms with Crippen molar-refractivity contribution in [1.82, 2.24) is 19.9 Å². The van der Waals surface area contributed by atoms with Crippen LogP contribution in [0.5, 0.6) is 0 Å². The van der Waals surface area contributed by atoms with Crippen LogP contribution in [-0.4, -0.2) is 52.6 Å². The molecule has 0 atom stereocenters. The number of H-pyrrole nitrogens is 1. The molecule has 0 radical (unpaired) electrons. The number of piperazine rings is 1. The molecule has 3 heterocycles. The van der Waals surface area contributed by atoms with E-state index in [0.717, 1.165) is 78.1 Å². The van der Waals surface area contributed by atoms with E-state index in [2.05, 4.69) is 61.3 Å². The first-order valence-corrected chi connectivity index (χ1v) is 13.0. The molecule has 1 aliphatic heterocycles. The summed E-state index contributed by atoms with van der Waals surface area (Å²) in [5, 5.41) is 11.2. The van der Waals surface area contributed by atoms with Gasteiger partial charge in [-0.15, -0.1) is 0 Å². The average Bonchev–Trinajstić information content (AvgIpc) is 3.26. The number of benzene rings is 2. The van der Waals surface area contributed by atoms with Crippen LogP contribution in [0.4, 0.5) is 5.69 Å². The lowest BCUT2D eigenvalue weighted by atomic mass is 10.1. The Bertz CT molecular complexity index is 1330. The summed E-state index contributed by atoms with van der Waals surface area (Å²) in [5.74, 6) is 0. The summed E-state index contributed by atoms with van der Waals surface area (Å²) in [6, 6.07) is 18.9. The largest absolute Gasteiger partial charge is 0.369 e. The Morgan fingerprint density at radius 2 is 1.71 bits per heavy atom. The predicted octanol–water partition coefficient (Wildman–Crippen LogP) is 5.35. The quantitative estimate of drug-likeness (QED) is 0.358. The molecule has 178 valence electrons. The van der Waals surface area contributed by atoms with Gasteiger partial charge >= 0.3 is 0 Å². The van der Waals surface area contributed by atoms with Crippen LogP contribution in [0.3, 0.4) is 0 Å². The van der Waals surface area contributed by atoms with Crippen molar-refractivity contribution in [2.24, 2.45) is 0 Å². The fraction of sp³-hybridized carbons (Fsp3) is 0.321. The normalized spacial score (nSPS) is 14.4. The van der Waals surface area contributed by atoms with Crippen LogP contribution in [0.2, 0.25) is 0 Å². The minimum atomic E-state index is 0.722. The number of hydrogen-bond donors (Lipinski definition) is 1. The average molecular weight is 483 g/mol. The fourth-order valence-corrected chi connectivity index (χ4v) is 5.61. The number of nitrogens with one attached hydrogen (secondary N) is 1. The third-order valence-corrected chi connectivity index (χ3v) is 7.44. The molecule has 0 spiro atoms. The van der Waals surface area contributed by atoms with Gasteiger partial charge in [0.2, 0.25) is 0 Å². The highest BCUT2D eigenvalue weighted by molar-refractivity contribution is 7.99. The van der Waals surface area contributed by atoms with Crippen molar-refractivity contribution in [3.8, 4) is 6.07 Å². The molecule has 0 unspecified atom stereocenters. The predicted molar refractivity (Wildman–Crippen MR) is 142 cm³/mol. The SMILES string of the molecule is Cc1cc(C)nc(Sc2ccc(N3CCN(CCCc4c[nH]c5ccc(C#N)cc45)CC3)cc2)n1. The Labute approximate surface area is 211 Å². The van der Waals surface area contributed by atoms with Gasteiger partial charge in [-0.3, -0.25) is 4.90 Å². The van der Waals surface area contributed by atoms with Gasteiger partial charge in [-0.2, -0.15) is 5.26 Å². The zero-order chi connectivity index (χ0) is 24.2. The van der Waals surface area contributed by atoms with Gasteiger partial charge in [-0.25, -0.2) is 9.97 Å². The van der Waals surface area contributed by atoms with Gasteiger partial charge in [0.15, 0.2) is 5.16 Å². The molecule has 1 saturated heterocycles. The lowest BCUT2D eigenvalue weighted by Gasteiger charge is -2.36. The number of nitrogens with zero attached hydrogens (tertiary/aromatic N) is 5. The number of aromatic amines is 1. The second kappa shape index (κ2) is 10.5. The van der Waals surface area contributed by atoms with Crippen molar-refractivity contribution in [3.63, 3.8) is 0 Å². The maximum atomic E-state index is 9.19. The van der Waals surface area contributed by atoms with Crippen molar-refractivity contribution in [2.45, 2.75) is 36.7 Å². The number of nitriles is 1. The van der Waals surface area contributed by atoms with Crippen LogP contribution >= 0.6 is 11.8 Å². The number of aryl methyl sites for hydroxylation is 3. The van der Waals surface area contributed by atoms with Gasteiger partial charge in [-0.1, -0.05) is 0 Å². The zero-order valence-electron chi connectivity index (χ0n) is 20.3. The molecule has 0 bridgehead atoms. The number of fused-ring (bicyclic) bond motifs is 1. The fourth-order valence-electron chi connectivity index (χ4n) is 4.75. The number of anilines is 1. The van der Waals surface area contributed by atoms with Gasteiger partial charge in [-0.05, 0) is 99.1 Å². The van der Waals surface area contributed by atoms with Crippen LogP contribution in [0.25, 0.3) is 10.9 Å². The second-order valence-electron chi connectivity index (χ2n) is 9.15. The molecule has 0 amide bonds. The summed E-state index contributed by atoms with van der Waals surface area (Å²) in [6.45, 7) is 9.38. The van der Waals surface area contributed by atoms with Crippen molar-refractivity contribution < 1.29 is 0 Å². The van der Waals surface area contributed by atoms with Crippen LogP contribution in [0, 0.1) is 25.2 Å². The molecule has 4 aromatic rings. The topological polar surface area (TPSA) is 71.8 Å². The molecule has 0 saturated carbocycles. The molecular formula is C28H30N6S. The highest BCUT2D eigenvalue weighted by Gasteiger charge is 2.17. The van der Waals surface area contributed by atoms with E-state index in [4.69, 9.17) is 0 Å². The highest BCUT2D eigenvalue weighted by atomic mass is 32.2. The Morgan fingerprint density at radius 1 is 0.971 bits per heavy atom. The molecule has 1 fully saturated rings. The Balaban J connectivity index is 1.10. The van der Waals surface area contributed by atoms with Gasteiger partial charge < -0.3 is 9.88 Å². The number of hydrogen-bond acceptors (Lipinski definition) is 6. The van der Waals surface area contributed by atoms with Crippen LogP contribution < -0.4 is 4.90 Å². The first-order chi connectivity index (χ1) is 17.1. The minimum absolute atomic E-state index is 0.722. The van der Waals surface area contributed by atoms with E-state index in [1.807, 2.05) is 38.1 Å². The molecule has 6 nitrogen and oxygen atoms in total.